The van der Waals surface area contributed by atoms with Gasteiger partial charge in [-0.2, -0.15) is 5.10 Å². The fourth-order valence-electron chi connectivity index (χ4n) is 2.02. The number of benzene rings is 1. The van der Waals surface area contributed by atoms with Gasteiger partial charge in [-0.25, -0.2) is 4.68 Å². The topological polar surface area (TPSA) is 96.5 Å². The normalized spacial score (nSPS) is 9.79. The van der Waals surface area contributed by atoms with Gasteiger partial charge in [0.25, 0.3) is 0 Å². The molecule has 0 fully saturated rings. The average molecular weight is 408 g/mol. The van der Waals surface area contributed by atoms with Gasteiger partial charge in [-0.05, 0) is 37.0 Å². The Balaban J connectivity index is 0.000000547. The molecule has 1 aromatic heterocycles. The van der Waals surface area contributed by atoms with Gasteiger partial charge in [0.15, 0.2) is 13.8 Å². The minimum atomic E-state index is -0.500. The summed E-state index contributed by atoms with van der Waals surface area (Å²) in [4.78, 5) is 18.8. The van der Waals surface area contributed by atoms with Gasteiger partial charge in [-0.1, -0.05) is 45.9 Å². The minimum absolute atomic E-state index is 0.00921. The maximum atomic E-state index is 10.5. The molecule has 0 N–H and O–H groups in total. The summed E-state index contributed by atoms with van der Waals surface area (Å²) in [5.41, 5.74) is 1.26. The van der Waals surface area contributed by atoms with Crippen molar-refractivity contribution in [2.24, 2.45) is 11.8 Å². The van der Waals surface area contributed by atoms with E-state index in [0.29, 0.717) is 19.3 Å². The van der Waals surface area contributed by atoms with E-state index in [0.717, 1.165) is 19.2 Å². The van der Waals surface area contributed by atoms with E-state index in [1.54, 1.807) is 6.92 Å². The zero-order valence-electron chi connectivity index (χ0n) is 18.2. The molecule has 29 heavy (non-hydrogen) atoms. The second kappa shape index (κ2) is 15.1. The molecule has 0 saturated carbocycles. The maximum absolute atomic E-state index is 10.5. The van der Waals surface area contributed by atoms with E-state index in [1.807, 2.05) is 61.3 Å². The number of nitrogens with zero attached hydrogens (tertiary/aromatic N) is 3. The van der Waals surface area contributed by atoms with Crippen LogP contribution >= 0.6 is 0 Å². The number of esters is 1. The zero-order valence-corrected chi connectivity index (χ0v) is 18.2. The van der Waals surface area contributed by atoms with Crippen LogP contribution in [0, 0.1) is 22.0 Å². The fourth-order valence-corrected chi connectivity index (χ4v) is 2.02. The third kappa shape index (κ3) is 14.8. The first-order valence-electron chi connectivity index (χ1n) is 9.59. The lowest BCUT2D eigenvalue weighted by Gasteiger charge is -2.05. The highest BCUT2D eigenvalue weighted by molar-refractivity contribution is 5.71. The summed E-state index contributed by atoms with van der Waals surface area (Å²) < 4.78 is 12.1. The van der Waals surface area contributed by atoms with Crippen molar-refractivity contribution in [3.05, 3.63) is 58.4 Å². The summed E-state index contributed by atoms with van der Waals surface area (Å²) >= 11 is 0. The molecule has 1 heterocycles. The predicted octanol–water partition coefficient (Wildman–Crippen LogP) is 4.22. The number of carbonyl (C=O) groups is 1. The average Bonchev–Trinajstić information content (AvgIpc) is 3.08. The van der Waals surface area contributed by atoms with Crippen LogP contribution in [-0.4, -0.2) is 34.3 Å². The van der Waals surface area contributed by atoms with Crippen molar-refractivity contribution in [3.63, 3.8) is 0 Å². The standard InChI is InChI=1S/C14H18N2O.C6H12O2.CH3NO2/c1-12(2)8-13-9-15-16(10-13)11-17-14-6-4-3-5-7-14;1-4-8-6(7)5(2)3;1-2(3)4/h3-7,9-10,12H,8,11H2,1-2H3;5H,4H2,1-3H3;1H3. The quantitative estimate of drug-likeness (QED) is 0.387. The van der Waals surface area contributed by atoms with E-state index in [2.05, 4.69) is 23.7 Å². The van der Waals surface area contributed by atoms with Crippen LogP contribution in [0.15, 0.2) is 42.7 Å². The first-order chi connectivity index (χ1) is 13.6. The Labute approximate surface area is 173 Å². The van der Waals surface area contributed by atoms with Crippen molar-refractivity contribution in [2.75, 3.05) is 13.7 Å². The van der Waals surface area contributed by atoms with Gasteiger partial charge in [0.1, 0.15) is 5.75 Å². The van der Waals surface area contributed by atoms with Crippen molar-refractivity contribution in [2.45, 2.75) is 47.8 Å². The number of nitro groups is 1. The van der Waals surface area contributed by atoms with Crippen LogP contribution in [0.5, 0.6) is 5.75 Å². The molecule has 0 atom stereocenters. The van der Waals surface area contributed by atoms with Gasteiger partial charge in [-0.3, -0.25) is 14.9 Å². The summed E-state index contributed by atoms with van der Waals surface area (Å²) in [7, 11) is 0.889. The largest absolute Gasteiger partial charge is 0.471 e. The smallest absolute Gasteiger partial charge is 0.308 e. The minimum Gasteiger partial charge on any atom is -0.471 e. The molecule has 0 bridgehead atoms. The summed E-state index contributed by atoms with van der Waals surface area (Å²) in [6, 6.07) is 9.78. The highest BCUT2D eigenvalue weighted by Crippen LogP contribution is 2.10. The van der Waals surface area contributed by atoms with Crippen LogP contribution in [-0.2, 0) is 22.7 Å². The number of carbonyl (C=O) groups excluding carboxylic acids is 1. The predicted molar refractivity (Wildman–Crippen MR) is 112 cm³/mol. The molecule has 0 aliphatic carbocycles. The maximum Gasteiger partial charge on any atom is 0.308 e. The molecule has 0 amide bonds. The molecule has 8 nitrogen and oxygen atoms in total. The molecule has 0 aliphatic rings. The Kier molecular flexibility index (Phi) is 13.6. The Morgan fingerprint density at radius 1 is 1.21 bits per heavy atom. The molecule has 162 valence electrons. The number of hydrogen-bond acceptors (Lipinski definition) is 6. The highest BCUT2D eigenvalue weighted by Gasteiger charge is 2.05. The van der Waals surface area contributed by atoms with Gasteiger partial charge >= 0.3 is 5.97 Å². The van der Waals surface area contributed by atoms with Gasteiger partial charge in [-0.15, -0.1) is 0 Å². The van der Waals surface area contributed by atoms with Crippen LogP contribution in [0.25, 0.3) is 0 Å². The van der Waals surface area contributed by atoms with Gasteiger partial charge < -0.3 is 9.47 Å². The molecule has 2 aromatic rings. The van der Waals surface area contributed by atoms with E-state index in [9.17, 15) is 4.79 Å². The van der Waals surface area contributed by atoms with Crippen molar-refractivity contribution >= 4 is 5.97 Å². The Hall–Kier alpha value is -2.90. The molecule has 8 heteroatoms. The Bertz CT molecular complexity index is 695. The highest BCUT2D eigenvalue weighted by atomic mass is 16.6. The zero-order chi connectivity index (χ0) is 22.2. The number of hydrogen-bond donors (Lipinski definition) is 0. The first-order valence-corrected chi connectivity index (χ1v) is 9.59. The number of ether oxygens (including phenoxy) is 2. The van der Waals surface area contributed by atoms with Crippen LogP contribution in [0.1, 0.15) is 40.2 Å². The number of aromatic nitrogens is 2. The van der Waals surface area contributed by atoms with Gasteiger partial charge in [0, 0.05) is 11.1 Å². The van der Waals surface area contributed by atoms with Crippen molar-refractivity contribution in [1.82, 2.24) is 9.78 Å². The summed E-state index contributed by atoms with van der Waals surface area (Å²) in [5, 5.41) is 13.1. The molecule has 1 aromatic carbocycles. The van der Waals surface area contributed by atoms with Crippen LogP contribution < -0.4 is 4.74 Å². The summed E-state index contributed by atoms with van der Waals surface area (Å²) in [6.07, 6.45) is 5.02. The second-order valence-corrected chi connectivity index (χ2v) is 6.92. The van der Waals surface area contributed by atoms with Crippen molar-refractivity contribution in [1.29, 1.82) is 0 Å². The van der Waals surface area contributed by atoms with E-state index < -0.39 is 4.92 Å². The third-order valence-corrected chi connectivity index (χ3v) is 3.20. The van der Waals surface area contributed by atoms with E-state index in [-0.39, 0.29) is 11.9 Å². The van der Waals surface area contributed by atoms with Crippen LogP contribution in [0.4, 0.5) is 0 Å². The lowest BCUT2D eigenvalue weighted by Crippen LogP contribution is -2.10. The van der Waals surface area contributed by atoms with Crippen LogP contribution in [0.2, 0.25) is 0 Å². The molecule has 0 unspecified atom stereocenters. The molecular formula is C21H33N3O5. The monoisotopic (exact) mass is 407 g/mol. The molecule has 0 saturated heterocycles. The van der Waals surface area contributed by atoms with Gasteiger partial charge in [0.2, 0.25) is 0 Å². The molecular weight excluding hydrogens is 374 g/mol. The summed E-state index contributed by atoms with van der Waals surface area (Å²) in [5.74, 6) is 1.42. The SMILES string of the molecule is CC(C)Cc1cnn(COc2ccccc2)c1.CCOC(=O)C(C)C.C[N+](=O)[O-]. The molecule has 0 aliphatic heterocycles. The van der Waals surface area contributed by atoms with Crippen LogP contribution in [0.3, 0.4) is 0 Å². The Morgan fingerprint density at radius 3 is 2.24 bits per heavy atom. The Morgan fingerprint density at radius 2 is 1.79 bits per heavy atom. The lowest BCUT2D eigenvalue weighted by molar-refractivity contribution is -0.445. The fraction of sp³-hybridized carbons (Fsp3) is 0.524. The van der Waals surface area contributed by atoms with Crippen molar-refractivity contribution in [3.8, 4) is 5.75 Å². The van der Waals surface area contributed by atoms with E-state index in [4.69, 9.17) is 14.9 Å². The van der Waals surface area contributed by atoms with E-state index in [1.165, 1.54) is 5.56 Å². The van der Waals surface area contributed by atoms with Gasteiger partial charge in [0.05, 0.1) is 18.7 Å². The second-order valence-electron chi connectivity index (χ2n) is 6.92. The van der Waals surface area contributed by atoms with Crippen molar-refractivity contribution < 1.29 is 19.2 Å². The molecule has 0 spiro atoms. The lowest BCUT2D eigenvalue weighted by atomic mass is 10.1. The number of rotatable bonds is 7. The summed E-state index contributed by atoms with van der Waals surface area (Å²) in [6.45, 7) is 10.8. The molecule has 2 rings (SSSR count). The van der Waals surface area contributed by atoms with E-state index >= 15 is 0 Å². The number of para-hydroxylation sites is 1. The first kappa shape index (κ1) is 26.1. The third-order valence-electron chi connectivity index (χ3n) is 3.20. The molecule has 0 radical (unpaired) electrons.